The normalized spacial score (nSPS) is 17.6. The highest BCUT2D eigenvalue weighted by Gasteiger charge is 2.15. The lowest BCUT2D eigenvalue weighted by Crippen LogP contribution is -2.13. The Morgan fingerprint density at radius 3 is 2.44 bits per heavy atom. The summed E-state index contributed by atoms with van der Waals surface area (Å²) in [5.41, 5.74) is 2.76. The predicted molar refractivity (Wildman–Crippen MR) is 64.6 cm³/mol. The van der Waals surface area contributed by atoms with Crippen LogP contribution < -0.4 is 0 Å². The molecule has 0 aromatic heterocycles. The average molecular weight is 220 g/mol. The van der Waals surface area contributed by atoms with Crippen molar-refractivity contribution in [1.82, 2.24) is 0 Å². The van der Waals surface area contributed by atoms with Gasteiger partial charge >= 0.3 is 0 Å². The van der Waals surface area contributed by atoms with E-state index in [1.54, 1.807) is 0 Å². The van der Waals surface area contributed by atoms with Crippen molar-refractivity contribution in [3.63, 3.8) is 0 Å². The molecule has 0 amide bonds. The predicted octanol–water partition coefficient (Wildman–Crippen LogP) is 2.51. The summed E-state index contributed by atoms with van der Waals surface area (Å²) in [4.78, 5) is 0. The lowest BCUT2D eigenvalue weighted by molar-refractivity contribution is 0.0853. The van der Waals surface area contributed by atoms with Crippen LogP contribution >= 0.6 is 0 Å². The topological polar surface area (TPSA) is 29.5 Å². The Labute approximate surface area is 97.3 Å². The van der Waals surface area contributed by atoms with Gasteiger partial charge in [-0.15, -0.1) is 0 Å². The minimum atomic E-state index is 0.279. The molecule has 1 aliphatic heterocycles. The highest BCUT2D eigenvalue weighted by molar-refractivity contribution is 5.25. The second-order valence-electron chi connectivity index (χ2n) is 4.46. The highest BCUT2D eigenvalue weighted by atomic mass is 16.5. The molecular formula is C14H20O2. The molecule has 0 saturated carbocycles. The molecule has 0 bridgehead atoms. The third-order valence-corrected chi connectivity index (χ3v) is 3.30. The van der Waals surface area contributed by atoms with Gasteiger partial charge in [0.25, 0.3) is 0 Å². The maximum absolute atomic E-state index is 8.77. The summed E-state index contributed by atoms with van der Waals surface area (Å²) in [6, 6.07) is 8.87. The first-order chi connectivity index (χ1) is 7.90. The minimum absolute atomic E-state index is 0.279. The number of aryl methyl sites for hydroxylation is 1. The fourth-order valence-electron chi connectivity index (χ4n) is 2.27. The molecule has 1 aliphatic rings. The van der Waals surface area contributed by atoms with Gasteiger partial charge in [-0.1, -0.05) is 24.3 Å². The van der Waals surface area contributed by atoms with E-state index in [1.165, 1.54) is 11.1 Å². The van der Waals surface area contributed by atoms with Gasteiger partial charge in [0.1, 0.15) is 0 Å². The van der Waals surface area contributed by atoms with Gasteiger partial charge in [-0.3, -0.25) is 0 Å². The largest absolute Gasteiger partial charge is 0.396 e. The van der Waals surface area contributed by atoms with Crippen LogP contribution in [0.3, 0.4) is 0 Å². The quantitative estimate of drug-likeness (QED) is 0.844. The maximum atomic E-state index is 8.77. The number of benzene rings is 1. The van der Waals surface area contributed by atoms with Crippen LogP contribution in [-0.4, -0.2) is 24.9 Å². The maximum Gasteiger partial charge on any atom is 0.0471 e. The molecule has 2 nitrogen and oxygen atoms in total. The van der Waals surface area contributed by atoms with Gasteiger partial charge < -0.3 is 9.84 Å². The van der Waals surface area contributed by atoms with Gasteiger partial charge in [-0.25, -0.2) is 0 Å². The van der Waals surface area contributed by atoms with E-state index in [1.807, 2.05) is 0 Å². The fraction of sp³-hybridized carbons (Fsp3) is 0.571. The molecule has 1 aromatic carbocycles. The average Bonchev–Trinajstić information content (AvgIpc) is 2.38. The molecule has 0 atom stereocenters. The van der Waals surface area contributed by atoms with E-state index >= 15 is 0 Å². The number of hydrogen-bond acceptors (Lipinski definition) is 2. The zero-order valence-corrected chi connectivity index (χ0v) is 9.69. The van der Waals surface area contributed by atoms with Crippen molar-refractivity contribution in [3.05, 3.63) is 35.4 Å². The van der Waals surface area contributed by atoms with Crippen LogP contribution in [0, 0.1) is 0 Å². The van der Waals surface area contributed by atoms with Crippen LogP contribution in [0.5, 0.6) is 0 Å². The molecule has 2 rings (SSSR count). The Hall–Kier alpha value is -0.860. The Balaban J connectivity index is 1.95. The number of aliphatic hydroxyl groups is 1. The summed E-state index contributed by atoms with van der Waals surface area (Å²) in [5, 5.41) is 8.77. The summed E-state index contributed by atoms with van der Waals surface area (Å²) in [7, 11) is 0. The Kier molecular flexibility index (Phi) is 4.37. The van der Waals surface area contributed by atoms with Crippen molar-refractivity contribution < 1.29 is 9.84 Å². The fourth-order valence-corrected chi connectivity index (χ4v) is 2.27. The zero-order valence-electron chi connectivity index (χ0n) is 9.69. The lowest BCUT2D eigenvalue weighted by Gasteiger charge is -2.22. The first-order valence-corrected chi connectivity index (χ1v) is 6.17. The molecule has 1 heterocycles. The summed E-state index contributed by atoms with van der Waals surface area (Å²) < 4.78 is 5.37. The molecule has 1 aromatic rings. The Morgan fingerprint density at radius 2 is 1.81 bits per heavy atom. The second-order valence-corrected chi connectivity index (χ2v) is 4.46. The SMILES string of the molecule is OCCCc1ccc(C2CCOCC2)cc1. The lowest BCUT2D eigenvalue weighted by atomic mass is 9.91. The van der Waals surface area contributed by atoms with E-state index in [-0.39, 0.29) is 6.61 Å². The second kappa shape index (κ2) is 6.02. The molecule has 2 heteroatoms. The van der Waals surface area contributed by atoms with E-state index in [0.717, 1.165) is 38.9 Å². The molecule has 0 spiro atoms. The summed E-state index contributed by atoms with van der Waals surface area (Å²) in [6.45, 7) is 2.08. The van der Waals surface area contributed by atoms with Crippen LogP contribution in [0.25, 0.3) is 0 Å². The first kappa shape index (κ1) is 11.6. The number of hydrogen-bond donors (Lipinski definition) is 1. The van der Waals surface area contributed by atoms with Gasteiger partial charge in [0.2, 0.25) is 0 Å². The van der Waals surface area contributed by atoms with Gasteiger partial charge in [-0.05, 0) is 42.7 Å². The van der Waals surface area contributed by atoms with Crippen LogP contribution in [0.15, 0.2) is 24.3 Å². The molecule has 16 heavy (non-hydrogen) atoms. The van der Waals surface area contributed by atoms with E-state index in [0.29, 0.717) is 5.92 Å². The van der Waals surface area contributed by atoms with Crippen molar-refractivity contribution >= 4 is 0 Å². The smallest absolute Gasteiger partial charge is 0.0471 e. The molecule has 1 fully saturated rings. The Bertz CT molecular complexity index is 299. The van der Waals surface area contributed by atoms with Gasteiger partial charge in [0.05, 0.1) is 0 Å². The summed E-state index contributed by atoms with van der Waals surface area (Å²) >= 11 is 0. The van der Waals surface area contributed by atoms with E-state index in [2.05, 4.69) is 24.3 Å². The molecule has 0 aliphatic carbocycles. The first-order valence-electron chi connectivity index (χ1n) is 6.17. The number of rotatable bonds is 4. The molecule has 0 unspecified atom stereocenters. The molecule has 88 valence electrons. The Morgan fingerprint density at radius 1 is 1.12 bits per heavy atom. The number of ether oxygens (including phenoxy) is 1. The summed E-state index contributed by atoms with van der Waals surface area (Å²) in [5.74, 6) is 0.681. The molecular weight excluding hydrogens is 200 g/mol. The monoisotopic (exact) mass is 220 g/mol. The van der Waals surface area contributed by atoms with Gasteiger partial charge in [0.15, 0.2) is 0 Å². The van der Waals surface area contributed by atoms with Crippen LogP contribution in [0.4, 0.5) is 0 Å². The number of aliphatic hydroxyl groups excluding tert-OH is 1. The van der Waals surface area contributed by atoms with Gasteiger partial charge in [-0.2, -0.15) is 0 Å². The van der Waals surface area contributed by atoms with E-state index in [4.69, 9.17) is 9.84 Å². The van der Waals surface area contributed by atoms with Crippen LogP contribution in [0.1, 0.15) is 36.3 Å². The zero-order chi connectivity index (χ0) is 11.2. The van der Waals surface area contributed by atoms with E-state index < -0.39 is 0 Å². The highest BCUT2D eigenvalue weighted by Crippen LogP contribution is 2.26. The summed E-state index contributed by atoms with van der Waals surface area (Å²) in [6.07, 6.45) is 4.13. The van der Waals surface area contributed by atoms with Crippen molar-refractivity contribution in [2.75, 3.05) is 19.8 Å². The minimum Gasteiger partial charge on any atom is -0.396 e. The van der Waals surface area contributed by atoms with Crippen molar-refractivity contribution in [2.45, 2.75) is 31.6 Å². The van der Waals surface area contributed by atoms with Crippen molar-refractivity contribution in [1.29, 1.82) is 0 Å². The molecule has 1 saturated heterocycles. The molecule has 1 N–H and O–H groups in total. The van der Waals surface area contributed by atoms with Crippen LogP contribution in [-0.2, 0) is 11.2 Å². The van der Waals surface area contributed by atoms with Crippen molar-refractivity contribution in [2.24, 2.45) is 0 Å². The van der Waals surface area contributed by atoms with Crippen molar-refractivity contribution in [3.8, 4) is 0 Å². The molecule has 0 radical (unpaired) electrons. The van der Waals surface area contributed by atoms with Crippen LogP contribution in [0.2, 0.25) is 0 Å². The standard InChI is InChI=1S/C14H20O2/c15-9-1-2-12-3-5-13(6-4-12)14-7-10-16-11-8-14/h3-6,14-15H,1-2,7-11H2. The van der Waals surface area contributed by atoms with E-state index in [9.17, 15) is 0 Å². The third-order valence-electron chi connectivity index (χ3n) is 3.30. The third kappa shape index (κ3) is 3.06. The van der Waals surface area contributed by atoms with Gasteiger partial charge in [0, 0.05) is 19.8 Å².